The Balaban J connectivity index is 2.69. The standard InChI is InChI=1S/C10H13NO4/c1-13-7-15-9-5-3-4-8(6-9)10(12)11-14-2/h3-6H,7H2,1-2H3,(H,11,12). The highest BCUT2D eigenvalue weighted by Crippen LogP contribution is 2.13. The lowest BCUT2D eigenvalue weighted by Crippen LogP contribution is -2.21. The summed E-state index contributed by atoms with van der Waals surface area (Å²) in [5.74, 6) is 0.251. The van der Waals surface area contributed by atoms with Crippen LogP contribution in [0, 0.1) is 0 Å². The van der Waals surface area contributed by atoms with Crippen molar-refractivity contribution in [3.05, 3.63) is 29.8 Å². The molecule has 0 saturated carbocycles. The largest absolute Gasteiger partial charge is 0.468 e. The molecule has 0 aliphatic carbocycles. The van der Waals surface area contributed by atoms with E-state index in [0.717, 1.165) is 0 Å². The molecule has 1 aromatic carbocycles. The zero-order valence-electron chi connectivity index (χ0n) is 8.65. The van der Waals surface area contributed by atoms with Crippen LogP contribution in [-0.4, -0.2) is 26.9 Å². The van der Waals surface area contributed by atoms with Gasteiger partial charge >= 0.3 is 0 Å². The Labute approximate surface area is 87.9 Å². The molecule has 0 atom stereocenters. The number of hydrogen-bond donors (Lipinski definition) is 1. The summed E-state index contributed by atoms with van der Waals surface area (Å²) in [6, 6.07) is 6.72. The Morgan fingerprint density at radius 1 is 1.40 bits per heavy atom. The van der Waals surface area contributed by atoms with Crippen LogP contribution in [-0.2, 0) is 9.57 Å². The Morgan fingerprint density at radius 3 is 2.87 bits per heavy atom. The maximum atomic E-state index is 11.3. The van der Waals surface area contributed by atoms with Crippen LogP contribution in [0.5, 0.6) is 5.75 Å². The number of hydroxylamine groups is 1. The van der Waals surface area contributed by atoms with Crippen LogP contribution < -0.4 is 10.2 Å². The van der Waals surface area contributed by atoms with E-state index in [1.165, 1.54) is 14.2 Å². The van der Waals surface area contributed by atoms with Crippen molar-refractivity contribution in [1.29, 1.82) is 0 Å². The van der Waals surface area contributed by atoms with Crippen molar-refractivity contribution in [3.8, 4) is 5.75 Å². The molecule has 1 N–H and O–H groups in total. The third-order valence-corrected chi connectivity index (χ3v) is 1.63. The van der Waals surface area contributed by atoms with Crippen LogP contribution in [0.1, 0.15) is 10.4 Å². The number of hydrogen-bond acceptors (Lipinski definition) is 4. The molecular weight excluding hydrogens is 198 g/mol. The summed E-state index contributed by atoms with van der Waals surface area (Å²) >= 11 is 0. The van der Waals surface area contributed by atoms with Crippen LogP contribution in [0.2, 0.25) is 0 Å². The second-order valence-electron chi connectivity index (χ2n) is 2.71. The number of ether oxygens (including phenoxy) is 2. The van der Waals surface area contributed by atoms with Crippen molar-refractivity contribution in [2.24, 2.45) is 0 Å². The highest BCUT2D eigenvalue weighted by Gasteiger charge is 2.05. The van der Waals surface area contributed by atoms with E-state index in [9.17, 15) is 4.79 Å². The summed E-state index contributed by atoms with van der Waals surface area (Å²) in [7, 11) is 2.91. The average molecular weight is 211 g/mol. The third-order valence-electron chi connectivity index (χ3n) is 1.63. The summed E-state index contributed by atoms with van der Waals surface area (Å²) < 4.78 is 9.93. The number of rotatable bonds is 5. The van der Waals surface area contributed by atoms with Gasteiger partial charge in [0.1, 0.15) is 5.75 Å². The van der Waals surface area contributed by atoms with Gasteiger partial charge in [-0.2, -0.15) is 0 Å². The highest BCUT2D eigenvalue weighted by molar-refractivity contribution is 5.93. The average Bonchev–Trinajstić information content (AvgIpc) is 2.27. The van der Waals surface area contributed by atoms with Crippen molar-refractivity contribution in [2.75, 3.05) is 21.0 Å². The van der Waals surface area contributed by atoms with Crippen molar-refractivity contribution in [2.45, 2.75) is 0 Å². The topological polar surface area (TPSA) is 56.8 Å². The zero-order valence-corrected chi connectivity index (χ0v) is 8.65. The van der Waals surface area contributed by atoms with Crippen molar-refractivity contribution in [3.63, 3.8) is 0 Å². The monoisotopic (exact) mass is 211 g/mol. The van der Waals surface area contributed by atoms with Gasteiger partial charge in [0.2, 0.25) is 0 Å². The van der Waals surface area contributed by atoms with E-state index >= 15 is 0 Å². The van der Waals surface area contributed by atoms with Gasteiger partial charge in [-0.25, -0.2) is 5.48 Å². The van der Waals surface area contributed by atoms with Crippen LogP contribution in [0.4, 0.5) is 0 Å². The Hall–Kier alpha value is -1.59. The Bertz CT molecular complexity index is 327. The molecule has 1 amide bonds. The SMILES string of the molecule is COCOc1cccc(C(=O)NOC)c1. The molecule has 5 nitrogen and oxygen atoms in total. The molecule has 0 aliphatic heterocycles. The number of carbonyl (C=O) groups is 1. The zero-order chi connectivity index (χ0) is 11.1. The molecule has 0 spiro atoms. The van der Waals surface area contributed by atoms with Crippen LogP contribution in [0.25, 0.3) is 0 Å². The van der Waals surface area contributed by atoms with Crippen molar-refractivity contribution >= 4 is 5.91 Å². The van der Waals surface area contributed by atoms with Gasteiger partial charge in [-0.05, 0) is 18.2 Å². The van der Waals surface area contributed by atoms with Gasteiger partial charge in [0.05, 0.1) is 7.11 Å². The van der Waals surface area contributed by atoms with E-state index in [1.54, 1.807) is 24.3 Å². The van der Waals surface area contributed by atoms with E-state index in [-0.39, 0.29) is 12.7 Å². The second-order valence-corrected chi connectivity index (χ2v) is 2.71. The molecule has 0 aromatic heterocycles. The van der Waals surface area contributed by atoms with Gasteiger partial charge in [-0.15, -0.1) is 0 Å². The van der Waals surface area contributed by atoms with E-state index < -0.39 is 0 Å². The summed E-state index contributed by atoms with van der Waals surface area (Å²) in [5.41, 5.74) is 2.68. The molecule has 1 aromatic rings. The number of nitrogens with one attached hydrogen (secondary N) is 1. The van der Waals surface area contributed by atoms with E-state index in [2.05, 4.69) is 10.3 Å². The molecule has 1 rings (SSSR count). The lowest BCUT2D eigenvalue weighted by atomic mass is 10.2. The molecule has 0 heterocycles. The first-order valence-corrected chi connectivity index (χ1v) is 4.33. The number of benzene rings is 1. The third kappa shape index (κ3) is 3.57. The molecule has 0 radical (unpaired) electrons. The maximum Gasteiger partial charge on any atom is 0.274 e. The molecule has 0 saturated heterocycles. The van der Waals surface area contributed by atoms with Gasteiger partial charge in [0.15, 0.2) is 6.79 Å². The van der Waals surface area contributed by atoms with Gasteiger partial charge < -0.3 is 9.47 Å². The van der Waals surface area contributed by atoms with Crippen LogP contribution >= 0.6 is 0 Å². The minimum atomic E-state index is -0.319. The first-order valence-electron chi connectivity index (χ1n) is 4.33. The van der Waals surface area contributed by atoms with Gasteiger partial charge in [-0.3, -0.25) is 9.63 Å². The lowest BCUT2D eigenvalue weighted by molar-refractivity contribution is 0.0497. The summed E-state index contributed by atoms with van der Waals surface area (Å²) in [6.07, 6.45) is 0. The molecule has 0 fully saturated rings. The molecule has 0 aliphatic rings. The number of carbonyl (C=O) groups excluding carboxylic acids is 1. The molecule has 5 heteroatoms. The fourth-order valence-corrected chi connectivity index (χ4v) is 1.01. The summed E-state index contributed by atoms with van der Waals surface area (Å²) in [4.78, 5) is 15.9. The molecule has 0 unspecified atom stereocenters. The summed E-state index contributed by atoms with van der Waals surface area (Å²) in [5, 5.41) is 0. The minimum absolute atomic E-state index is 0.148. The van der Waals surface area contributed by atoms with Crippen LogP contribution in [0.3, 0.4) is 0 Å². The summed E-state index contributed by atoms with van der Waals surface area (Å²) in [6.45, 7) is 0.148. The highest BCUT2D eigenvalue weighted by atomic mass is 16.7. The number of amides is 1. The van der Waals surface area contributed by atoms with E-state index in [0.29, 0.717) is 11.3 Å². The fraction of sp³-hybridized carbons (Fsp3) is 0.300. The molecular formula is C10H13NO4. The first-order chi connectivity index (χ1) is 7.27. The van der Waals surface area contributed by atoms with Gasteiger partial charge in [0, 0.05) is 12.7 Å². The van der Waals surface area contributed by atoms with Crippen LogP contribution in [0.15, 0.2) is 24.3 Å². The molecule has 82 valence electrons. The fourth-order valence-electron chi connectivity index (χ4n) is 1.01. The van der Waals surface area contributed by atoms with Crippen molar-refractivity contribution < 1.29 is 19.1 Å². The normalized spacial score (nSPS) is 9.73. The minimum Gasteiger partial charge on any atom is -0.468 e. The van der Waals surface area contributed by atoms with Gasteiger partial charge in [0.25, 0.3) is 5.91 Å². The Kier molecular flexibility index (Phi) is 4.59. The van der Waals surface area contributed by atoms with Gasteiger partial charge in [-0.1, -0.05) is 6.07 Å². The second kappa shape index (κ2) is 6.00. The number of methoxy groups -OCH3 is 1. The maximum absolute atomic E-state index is 11.3. The predicted molar refractivity (Wildman–Crippen MR) is 53.4 cm³/mol. The van der Waals surface area contributed by atoms with Crippen molar-refractivity contribution in [1.82, 2.24) is 5.48 Å². The quantitative estimate of drug-likeness (QED) is 0.582. The Morgan fingerprint density at radius 2 is 2.20 bits per heavy atom. The lowest BCUT2D eigenvalue weighted by Gasteiger charge is -2.06. The first kappa shape index (κ1) is 11.5. The molecule has 15 heavy (non-hydrogen) atoms. The predicted octanol–water partition coefficient (Wildman–Crippen LogP) is 0.960. The van der Waals surface area contributed by atoms with E-state index in [4.69, 9.17) is 9.47 Å². The smallest absolute Gasteiger partial charge is 0.274 e. The molecule has 0 bridgehead atoms. The van der Waals surface area contributed by atoms with E-state index in [1.807, 2.05) is 0 Å².